The first-order valence-electron chi connectivity index (χ1n) is 8.44. The highest BCUT2D eigenvalue weighted by molar-refractivity contribution is 9.10. The summed E-state index contributed by atoms with van der Waals surface area (Å²) in [6, 6.07) is 6.23. The first kappa shape index (κ1) is 15.0. The van der Waals surface area contributed by atoms with Gasteiger partial charge in [0, 0.05) is 35.1 Å². The molecule has 0 spiro atoms. The molecule has 0 amide bonds. The first-order valence-corrected chi connectivity index (χ1v) is 9.24. The fraction of sp³-hybridized carbons (Fsp3) is 0.263. The molecular formula is C19H17BrN4O. The zero-order chi connectivity index (χ0) is 17.0. The number of nitrogens with one attached hydrogen (secondary N) is 1. The molecule has 1 aliphatic carbocycles. The predicted molar refractivity (Wildman–Crippen MR) is 102 cm³/mol. The molecular weight excluding hydrogens is 380 g/mol. The SMILES string of the molecule is Cn1cc(-c2cc3c(cn2)[nH]c2ccc(OC4CCC4)c(Br)c23)cn1. The van der Waals surface area contributed by atoms with E-state index in [1.165, 1.54) is 6.42 Å². The third-order valence-electron chi connectivity index (χ3n) is 4.90. The minimum atomic E-state index is 0.353. The average molecular weight is 397 g/mol. The van der Waals surface area contributed by atoms with Gasteiger partial charge in [-0.3, -0.25) is 9.67 Å². The summed E-state index contributed by atoms with van der Waals surface area (Å²) in [7, 11) is 1.91. The summed E-state index contributed by atoms with van der Waals surface area (Å²) >= 11 is 3.77. The fourth-order valence-electron chi connectivity index (χ4n) is 3.30. The van der Waals surface area contributed by atoms with E-state index in [1.54, 1.807) is 4.68 Å². The number of hydrogen-bond donors (Lipinski definition) is 1. The highest BCUT2D eigenvalue weighted by Gasteiger charge is 2.21. The van der Waals surface area contributed by atoms with E-state index in [-0.39, 0.29) is 0 Å². The molecule has 0 radical (unpaired) electrons. The topological polar surface area (TPSA) is 55.7 Å². The van der Waals surface area contributed by atoms with Crippen molar-refractivity contribution in [3.63, 3.8) is 0 Å². The predicted octanol–water partition coefficient (Wildman–Crippen LogP) is 4.81. The van der Waals surface area contributed by atoms with Gasteiger partial charge in [-0.15, -0.1) is 0 Å². The molecule has 1 aromatic carbocycles. The highest BCUT2D eigenvalue weighted by atomic mass is 79.9. The standard InChI is InChI=1S/C19H17BrN4O/c1-24-10-11(8-22-24)15-7-13-16(9-21-15)23-14-5-6-17(19(20)18(13)14)25-12-3-2-4-12/h5-10,12,23H,2-4H2,1H3. The number of aromatic nitrogens is 4. The van der Waals surface area contributed by atoms with Crippen LogP contribution in [0.15, 0.2) is 41.3 Å². The molecule has 3 heterocycles. The Labute approximate surface area is 153 Å². The number of H-pyrrole nitrogens is 1. The van der Waals surface area contributed by atoms with Crippen LogP contribution in [0, 0.1) is 0 Å². The molecule has 1 saturated carbocycles. The quantitative estimate of drug-likeness (QED) is 0.540. The van der Waals surface area contributed by atoms with E-state index in [2.05, 4.69) is 43.1 Å². The molecule has 0 bridgehead atoms. The molecule has 0 saturated heterocycles. The van der Waals surface area contributed by atoms with Gasteiger partial charge in [-0.05, 0) is 53.4 Å². The lowest BCUT2D eigenvalue weighted by Gasteiger charge is -2.27. The van der Waals surface area contributed by atoms with Gasteiger partial charge in [0.25, 0.3) is 0 Å². The normalized spacial score (nSPS) is 15.0. The Hall–Kier alpha value is -2.34. The molecule has 1 N–H and O–H groups in total. The fourth-order valence-corrected chi connectivity index (χ4v) is 3.95. The van der Waals surface area contributed by atoms with Gasteiger partial charge in [0.05, 0.1) is 34.2 Å². The smallest absolute Gasteiger partial charge is 0.134 e. The molecule has 4 aromatic rings. The highest BCUT2D eigenvalue weighted by Crippen LogP contribution is 2.40. The van der Waals surface area contributed by atoms with Crippen molar-refractivity contribution in [3.05, 3.63) is 41.3 Å². The number of halogens is 1. The van der Waals surface area contributed by atoms with Crippen LogP contribution in [0.2, 0.25) is 0 Å². The molecule has 0 unspecified atom stereocenters. The van der Waals surface area contributed by atoms with E-state index >= 15 is 0 Å². The number of benzene rings is 1. The Morgan fingerprint density at radius 1 is 1.24 bits per heavy atom. The summed E-state index contributed by atoms with van der Waals surface area (Å²) in [6.45, 7) is 0. The Bertz CT molecular complexity index is 1090. The molecule has 3 aromatic heterocycles. The van der Waals surface area contributed by atoms with E-state index in [9.17, 15) is 0 Å². The number of aromatic amines is 1. The summed E-state index contributed by atoms with van der Waals surface area (Å²) in [5, 5.41) is 6.52. The van der Waals surface area contributed by atoms with Gasteiger partial charge in [0.1, 0.15) is 5.75 Å². The van der Waals surface area contributed by atoms with E-state index in [0.717, 1.165) is 56.1 Å². The molecule has 0 atom stereocenters. The van der Waals surface area contributed by atoms with Crippen molar-refractivity contribution in [1.29, 1.82) is 0 Å². The number of aryl methyl sites for hydroxylation is 1. The van der Waals surface area contributed by atoms with Crippen LogP contribution in [-0.4, -0.2) is 25.9 Å². The first-order chi connectivity index (χ1) is 12.2. The van der Waals surface area contributed by atoms with Crippen molar-refractivity contribution in [2.45, 2.75) is 25.4 Å². The van der Waals surface area contributed by atoms with Gasteiger partial charge in [0.2, 0.25) is 0 Å². The number of ether oxygens (including phenoxy) is 1. The van der Waals surface area contributed by atoms with Gasteiger partial charge in [-0.1, -0.05) is 0 Å². The average Bonchev–Trinajstić information content (AvgIpc) is 3.15. The summed E-state index contributed by atoms with van der Waals surface area (Å²) < 4.78 is 8.93. The van der Waals surface area contributed by atoms with Crippen molar-refractivity contribution in [1.82, 2.24) is 19.7 Å². The van der Waals surface area contributed by atoms with Crippen molar-refractivity contribution >= 4 is 37.7 Å². The second-order valence-corrected chi connectivity index (χ2v) is 7.41. The zero-order valence-electron chi connectivity index (χ0n) is 13.8. The van der Waals surface area contributed by atoms with E-state index < -0.39 is 0 Å². The van der Waals surface area contributed by atoms with Crippen LogP contribution < -0.4 is 4.74 Å². The molecule has 0 aliphatic heterocycles. The maximum atomic E-state index is 6.14. The molecule has 25 heavy (non-hydrogen) atoms. The van der Waals surface area contributed by atoms with Crippen LogP contribution in [0.3, 0.4) is 0 Å². The van der Waals surface area contributed by atoms with Crippen LogP contribution in [0.1, 0.15) is 19.3 Å². The Balaban J connectivity index is 1.68. The number of nitrogens with zero attached hydrogens (tertiary/aromatic N) is 3. The number of pyridine rings is 1. The Morgan fingerprint density at radius 2 is 2.12 bits per heavy atom. The monoisotopic (exact) mass is 396 g/mol. The molecule has 1 fully saturated rings. The van der Waals surface area contributed by atoms with Crippen LogP contribution in [0.5, 0.6) is 5.75 Å². The third-order valence-corrected chi connectivity index (χ3v) is 5.68. The number of rotatable bonds is 3. The van der Waals surface area contributed by atoms with Crippen molar-refractivity contribution in [3.8, 4) is 17.0 Å². The van der Waals surface area contributed by atoms with Crippen LogP contribution in [-0.2, 0) is 7.05 Å². The maximum absolute atomic E-state index is 6.14. The summed E-state index contributed by atoms with van der Waals surface area (Å²) in [4.78, 5) is 8.02. The minimum Gasteiger partial charge on any atom is -0.489 e. The summed E-state index contributed by atoms with van der Waals surface area (Å²) in [5.41, 5.74) is 4.02. The van der Waals surface area contributed by atoms with Crippen LogP contribution in [0.4, 0.5) is 0 Å². The summed E-state index contributed by atoms with van der Waals surface area (Å²) in [5.74, 6) is 0.915. The number of hydrogen-bond acceptors (Lipinski definition) is 3. The largest absolute Gasteiger partial charge is 0.489 e. The van der Waals surface area contributed by atoms with Crippen molar-refractivity contribution in [2.75, 3.05) is 0 Å². The maximum Gasteiger partial charge on any atom is 0.134 e. The van der Waals surface area contributed by atoms with Crippen molar-refractivity contribution < 1.29 is 4.74 Å². The second kappa shape index (κ2) is 5.59. The van der Waals surface area contributed by atoms with Gasteiger partial charge in [-0.25, -0.2) is 0 Å². The molecule has 126 valence electrons. The lowest BCUT2D eigenvalue weighted by atomic mass is 9.96. The lowest BCUT2D eigenvalue weighted by Crippen LogP contribution is -2.24. The van der Waals surface area contributed by atoms with E-state index in [4.69, 9.17) is 4.74 Å². The Kier molecular flexibility index (Phi) is 3.35. The molecule has 5 rings (SSSR count). The summed E-state index contributed by atoms with van der Waals surface area (Å²) in [6.07, 6.45) is 9.60. The second-order valence-electron chi connectivity index (χ2n) is 6.61. The van der Waals surface area contributed by atoms with Gasteiger partial charge in [-0.2, -0.15) is 5.10 Å². The van der Waals surface area contributed by atoms with Gasteiger partial charge in [0.15, 0.2) is 0 Å². The van der Waals surface area contributed by atoms with Gasteiger partial charge < -0.3 is 9.72 Å². The third kappa shape index (κ3) is 2.43. The zero-order valence-corrected chi connectivity index (χ0v) is 15.4. The van der Waals surface area contributed by atoms with Crippen LogP contribution in [0.25, 0.3) is 33.1 Å². The lowest BCUT2D eigenvalue weighted by molar-refractivity contribution is 0.119. The molecule has 6 heteroatoms. The Morgan fingerprint density at radius 3 is 2.84 bits per heavy atom. The van der Waals surface area contributed by atoms with E-state index in [1.807, 2.05) is 31.7 Å². The van der Waals surface area contributed by atoms with Gasteiger partial charge >= 0.3 is 0 Å². The molecule has 1 aliphatic rings. The molecule has 5 nitrogen and oxygen atoms in total. The number of fused-ring (bicyclic) bond motifs is 3. The van der Waals surface area contributed by atoms with Crippen LogP contribution >= 0.6 is 15.9 Å². The van der Waals surface area contributed by atoms with E-state index in [0.29, 0.717) is 6.10 Å². The van der Waals surface area contributed by atoms with Crippen molar-refractivity contribution in [2.24, 2.45) is 7.05 Å². The minimum absolute atomic E-state index is 0.353.